The van der Waals surface area contributed by atoms with Crippen LogP contribution < -0.4 is 0 Å². The summed E-state index contributed by atoms with van der Waals surface area (Å²) in [7, 11) is 0. The first kappa shape index (κ1) is 50.9. The molecule has 0 aromatic rings. The van der Waals surface area contributed by atoms with Gasteiger partial charge in [-0.2, -0.15) is 0 Å². The molecule has 2 unspecified atom stereocenters. The lowest BCUT2D eigenvalue weighted by Gasteiger charge is -2.38. The van der Waals surface area contributed by atoms with E-state index in [0.29, 0.717) is 35.9 Å². The second-order valence-electron chi connectivity index (χ2n) is 24.2. The van der Waals surface area contributed by atoms with E-state index in [-0.39, 0.29) is 0 Å². The summed E-state index contributed by atoms with van der Waals surface area (Å²) in [6.07, 6.45) is 57.5. The molecule has 7 aliphatic carbocycles. The van der Waals surface area contributed by atoms with Crippen LogP contribution in [0.4, 0.5) is 0 Å². The zero-order chi connectivity index (χ0) is 44.0. The van der Waals surface area contributed by atoms with Gasteiger partial charge in [0.15, 0.2) is 0 Å². The molecule has 0 aromatic heterocycles. The van der Waals surface area contributed by atoms with E-state index in [1.807, 2.05) is 0 Å². The summed E-state index contributed by atoms with van der Waals surface area (Å²) < 4.78 is 12.5. The maximum absolute atomic E-state index is 6.27. The normalized spacial score (nSPS) is 37.5. The fourth-order valence-corrected chi connectivity index (χ4v) is 15.0. The first-order valence-electron chi connectivity index (χ1n) is 29.8. The van der Waals surface area contributed by atoms with Gasteiger partial charge in [0.25, 0.3) is 0 Å². The zero-order valence-corrected chi connectivity index (χ0v) is 42.6. The predicted octanol–water partition coefficient (Wildman–Crippen LogP) is 17.9. The highest BCUT2D eigenvalue weighted by molar-refractivity contribution is 5.14. The Morgan fingerprint density at radius 2 is 0.625 bits per heavy atom. The maximum Gasteiger partial charge on any atom is 0.0575 e. The van der Waals surface area contributed by atoms with Crippen LogP contribution in [0.2, 0.25) is 0 Å². The van der Waals surface area contributed by atoms with Gasteiger partial charge in [-0.3, -0.25) is 0 Å². The fourth-order valence-electron chi connectivity index (χ4n) is 15.0. The van der Waals surface area contributed by atoms with E-state index in [2.05, 4.69) is 37.5 Å². The smallest absolute Gasteiger partial charge is 0.0575 e. The maximum atomic E-state index is 6.27. The highest BCUT2D eigenvalue weighted by atomic mass is 16.5. The van der Waals surface area contributed by atoms with E-state index in [1.54, 1.807) is 0 Å². The van der Waals surface area contributed by atoms with Crippen LogP contribution >= 0.6 is 0 Å². The second-order valence-corrected chi connectivity index (χ2v) is 24.2. The van der Waals surface area contributed by atoms with Crippen molar-refractivity contribution < 1.29 is 9.47 Å². The van der Waals surface area contributed by atoms with Crippen LogP contribution in [-0.2, 0) is 9.47 Å². The summed E-state index contributed by atoms with van der Waals surface area (Å²) in [5, 5.41) is 0. The highest BCUT2D eigenvalue weighted by Crippen LogP contribution is 2.45. The van der Waals surface area contributed by atoms with Crippen molar-refractivity contribution >= 4 is 0 Å². The Labute approximate surface area is 398 Å². The molecule has 2 heteroatoms. The molecule has 0 spiro atoms. The molecule has 2 atom stereocenters. The quantitative estimate of drug-likeness (QED) is 0.0896. The molecule has 7 rings (SSSR count). The van der Waals surface area contributed by atoms with Crippen LogP contribution in [0.1, 0.15) is 271 Å². The summed E-state index contributed by atoms with van der Waals surface area (Å²) in [4.78, 5) is 0. The van der Waals surface area contributed by atoms with Gasteiger partial charge in [-0.1, -0.05) is 134 Å². The van der Waals surface area contributed by atoms with Gasteiger partial charge in [0.1, 0.15) is 0 Å². The lowest BCUT2D eigenvalue weighted by Crippen LogP contribution is -2.29. The van der Waals surface area contributed by atoms with E-state index >= 15 is 0 Å². The SMILES string of the molecule is CCCCCCOC1CCC(C2CCC(CCC3CCC(C#CC4CCCC(C#CC5CCC(CCC6CCC(C7CCC(OCCCCCC)CC7)CC6)CC5)C4)CC3)CC2)CC1. The first-order chi connectivity index (χ1) is 31.6. The van der Waals surface area contributed by atoms with Gasteiger partial charge in [0.2, 0.25) is 0 Å². The average molecular weight is 882 g/mol. The summed E-state index contributed by atoms with van der Waals surface area (Å²) >= 11 is 0. The van der Waals surface area contributed by atoms with Crippen LogP contribution in [0.25, 0.3) is 0 Å². The van der Waals surface area contributed by atoms with Crippen molar-refractivity contribution in [3.63, 3.8) is 0 Å². The van der Waals surface area contributed by atoms with Crippen molar-refractivity contribution in [3.05, 3.63) is 0 Å². The van der Waals surface area contributed by atoms with Gasteiger partial charge in [0.05, 0.1) is 12.2 Å². The molecule has 0 aromatic carbocycles. The third-order valence-electron chi connectivity index (χ3n) is 19.6. The Hall–Kier alpha value is -0.960. The molecular weight excluding hydrogens is 777 g/mol. The van der Waals surface area contributed by atoms with Crippen molar-refractivity contribution in [2.45, 2.75) is 283 Å². The molecule has 7 fully saturated rings. The molecule has 0 bridgehead atoms. The molecular formula is C62H104O2. The van der Waals surface area contributed by atoms with Crippen molar-refractivity contribution in [1.29, 1.82) is 0 Å². The number of hydrogen-bond acceptors (Lipinski definition) is 2. The molecule has 0 saturated heterocycles. The molecule has 64 heavy (non-hydrogen) atoms. The van der Waals surface area contributed by atoms with Crippen molar-refractivity contribution in [2.24, 2.45) is 71.0 Å². The van der Waals surface area contributed by atoms with Gasteiger partial charge in [-0.15, -0.1) is 0 Å². The molecule has 0 amide bonds. The number of rotatable bonds is 20. The van der Waals surface area contributed by atoms with Gasteiger partial charge in [-0.25, -0.2) is 0 Å². The Balaban J connectivity index is 0.687. The summed E-state index contributed by atoms with van der Waals surface area (Å²) in [6.45, 7) is 6.60. The summed E-state index contributed by atoms with van der Waals surface area (Å²) in [5.41, 5.74) is 0. The van der Waals surface area contributed by atoms with Gasteiger partial charge < -0.3 is 9.47 Å². The minimum Gasteiger partial charge on any atom is -0.378 e. The number of unbranched alkanes of at least 4 members (excludes halogenated alkanes) is 6. The largest absolute Gasteiger partial charge is 0.378 e. The Morgan fingerprint density at radius 3 is 0.969 bits per heavy atom. The lowest BCUT2D eigenvalue weighted by molar-refractivity contribution is 0.00512. The molecule has 0 heterocycles. The second kappa shape index (κ2) is 29.2. The molecule has 364 valence electrons. The Kier molecular flexibility index (Phi) is 23.2. The van der Waals surface area contributed by atoms with Gasteiger partial charge in [-0.05, 0) is 208 Å². The Morgan fingerprint density at radius 1 is 0.312 bits per heavy atom. The van der Waals surface area contributed by atoms with Crippen LogP contribution in [0, 0.1) is 94.7 Å². The average Bonchev–Trinajstić information content (AvgIpc) is 3.35. The van der Waals surface area contributed by atoms with Gasteiger partial charge >= 0.3 is 0 Å². The van der Waals surface area contributed by atoms with Crippen LogP contribution in [0.5, 0.6) is 0 Å². The molecule has 2 nitrogen and oxygen atoms in total. The van der Waals surface area contributed by atoms with E-state index in [4.69, 9.17) is 9.47 Å². The monoisotopic (exact) mass is 881 g/mol. The van der Waals surface area contributed by atoms with Crippen LogP contribution in [0.3, 0.4) is 0 Å². The van der Waals surface area contributed by atoms with Crippen molar-refractivity contribution in [2.75, 3.05) is 13.2 Å². The third kappa shape index (κ3) is 17.8. The fraction of sp³-hybridized carbons (Fsp3) is 0.935. The van der Waals surface area contributed by atoms with E-state index < -0.39 is 0 Å². The van der Waals surface area contributed by atoms with Crippen molar-refractivity contribution in [1.82, 2.24) is 0 Å². The van der Waals surface area contributed by atoms with Gasteiger partial charge in [0, 0.05) is 36.9 Å². The van der Waals surface area contributed by atoms with E-state index in [0.717, 1.165) is 60.6 Å². The summed E-state index contributed by atoms with van der Waals surface area (Å²) in [5.74, 6) is 26.0. The van der Waals surface area contributed by atoms with E-state index in [9.17, 15) is 0 Å². The Bertz CT molecular complexity index is 1230. The number of ether oxygens (including phenoxy) is 2. The zero-order valence-electron chi connectivity index (χ0n) is 42.6. The first-order valence-corrected chi connectivity index (χ1v) is 29.8. The number of hydrogen-bond donors (Lipinski definition) is 0. The molecule has 7 aliphatic rings. The minimum atomic E-state index is 0.570. The van der Waals surface area contributed by atoms with Crippen molar-refractivity contribution in [3.8, 4) is 23.7 Å². The summed E-state index contributed by atoms with van der Waals surface area (Å²) in [6, 6.07) is 0. The topological polar surface area (TPSA) is 18.5 Å². The molecule has 0 aliphatic heterocycles. The molecule has 0 N–H and O–H groups in total. The highest BCUT2D eigenvalue weighted by Gasteiger charge is 2.34. The minimum absolute atomic E-state index is 0.570. The predicted molar refractivity (Wildman–Crippen MR) is 273 cm³/mol. The van der Waals surface area contributed by atoms with E-state index in [1.165, 1.54) is 257 Å². The molecule has 0 radical (unpaired) electrons. The standard InChI is InChI=1S/C62H104O2/c1-3-5-7-9-46-63-61-42-38-59(39-43-61)57-34-30-53(31-35-57)24-22-49-14-18-51(19-15-49)26-28-55-12-11-13-56(48-55)29-27-52-20-16-50(17-21-52)23-25-54-32-36-58(37-33-54)60-40-44-62(45-41-60)64-47-10-8-6-4-2/h49-62H,3-25,30-48H2,1-2H3. The van der Waals surface area contributed by atoms with Crippen LogP contribution in [-0.4, -0.2) is 25.4 Å². The third-order valence-corrected chi connectivity index (χ3v) is 19.6. The molecule has 7 saturated carbocycles. The van der Waals surface area contributed by atoms with Crippen LogP contribution in [0.15, 0.2) is 0 Å². The lowest BCUT2D eigenvalue weighted by atomic mass is 9.69.